The zero-order valence-corrected chi connectivity index (χ0v) is 16.9. The first-order chi connectivity index (χ1) is 14.1. The lowest BCUT2D eigenvalue weighted by atomic mass is 10.2. The van der Waals surface area contributed by atoms with Crippen LogP contribution >= 0.6 is 0 Å². The number of fused-ring (bicyclic) bond motifs is 1. The molecule has 0 unspecified atom stereocenters. The number of benzene rings is 2. The number of sulfonamides is 1. The molecule has 0 amide bonds. The highest BCUT2D eigenvalue weighted by atomic mass is 32.2. The molecule has 2 N–H and O–H groups in total. The molecule has 10 heteroatoms. The van der Waals surface area contributed by atoms with E-state index in [1.807, 2.05) is 17.0 Å². The Morgan fingerprint density at radius 3 is 2.27 bits per heavy atom. The van der Waals surface area contributed by atoms with Crippen LogP contribution < -0.4 is 4.90 Å². The van der Waals surface area contributed by atoms with Crippen molar-refractivity contribution in [1.82, 2.24) is 8.87 Å². The zero-order chi connectivity index (χ0) is 21.6. The van der Waals surface area contributed by atoms with Gasteiger partial charge in [0.2, 0.25) is 10.0 Å². The smallest absolute Gasteiger partial charge is 0.352 e. The molecule has 158 valence electrons. The number of halogens is 1. The molecule has 2 heterocycles. The summed E-state index contributed by atoms with van der Waals surface area (Å²) in [7, 11) is -3.22. The lowest BCUT2D eigenvalue weighted by Crippen LogP contribution is -2.48. The van der Waals surface area contributed by atoms with Gasteiger partial charge in [-0.3, -0.25) is 0 Å². The Balaban J connectivity index is 1.73. The fraction of sp³-hybridized carbons (Fsp3) is 0.250. The molecule has 0 bridgehead atoms. The maximum absolute atomic E-state index is 13.5. The maximum Gasteiger partial charge on any atom is 0.352 e. The number of nitrogens with zero attached hydrogens (tertiary/aromatic N) is 3. The fourth-order valence-corrected chi connectivity index (χ4v) is 4.58. The summed E-state index contributed by atoms with van der Waals surface area (Å²) in [6, 6.07) is 10.6. The van der Waals surface area contributed by atoms with Crippen molar-refractivity contribution in [2.24, 2.45) is 0 Å². The summed E-state index contributed by atoms with van der Waals surface area (Å²) in [5, 5.41) is 20.0. The van der Waals surface area contributed by atoms with Gasteiger partial charge in [0.15, 0.2) is 11.6 Å². The second kappa shape index (κ2) is 7.29. The predicted molar refractivity (Wildman–Crippen MR) is 110 cm³/mol. The Bertz CT molecular complexity index is 1250. The molecule has 4 rings (SSSR count). The van der Waals surface area contributed by atoms with Gasteiger partial charge in [-0.05, 0) is 36.4 Å². The number of aromatic hydroxyl groups is 1. The Hall–Kier alpha value is -3.11. The topological polar surface area (TPSA) is 103 Å². The van der Waals surface area contributed by atoms with Gasteiger partial charge in [0.1, 0.15) is 5.69 Å². The number of anilines is 1. The normalized spacial score (nSPS) is 15.6. The highest BCUT2D eigenvalue weighted by molar-refractivity contribution is 7.88. The van der Waals surface area contributed by atoms with Crippen LogP contribution in [-0.2, 0) is 10.0 Å². The molecule has 0 radical (unpaired) electrons. The van der Waals surface area contributed by atoms with E-state index in [0.29, 0.717) is 42.8 Å². The predicted octanol–water partition coefficient (Wildman–Crippen LogP) is 2.25. The number of carboxylic acid groups (broad SMARTS) is 1. The van der Waals surface area contributed by atoms with Crippen LogP contribution in [0.4, 0.5) is 10.1 Å². The van der Waals surface area contributed by atoms with Gasteiger partial charge in [0, 0.05) is 43.3 Å². The third-order valence-corrected chi connectivity index (χ3v) is 6.57. The minimum atomic E-state index is -3.22. The van der Waals surface area contributed by atoms with Gasteiger partial charge in [0.25, 0.3) is 0 Å². The standard InChI is InChI=1S/C20H20FN3O5S/c1-30(28,29)23-8-6-22(7-9-23)14-3-5-17-13(10-14)11-18(20(26)27)24(17)15-2-4-16(21)19(25)12-15/h2-5,10-12,25H,6-9H2,1H3,(H,26,27). The van der Waals surface area contributed by atoms with Crippen molar-refractivity contribution in [2.75, 3.05) is 37.3 Å². The lowest BCUT2D eigenvalue weighted by molar-refractivity contribution is 0.0688. The van der Waals surface area contributed by atoms with Crippen LogP contribution in [0.2, 0.25) is 0 Å². The summed E-state index contributed by atoms with van der Waals surface area (Å²) in [5.41, 5.74) is 1.76. The van der Waals surface area contributed by atoms with Crippen LogP contribution in [0.25, 0.3) is 16.6 Å². The molecular formula is C20H20FN3O5S. The molecule has 8 nitrogen and oxygen atoms in total. The molecule has 2 aromatic carbocycles. The summed E-state index contributed by atoms with van der Waals surface area (Å²) in [6.07, 6.45) is 1.19. The zero-order valence-electron chi connectivity index (χ0n) is 16.1. The van der Waals surface area contributed by atoms with Crippen molar-refractivity contribution in [1.29, 1.82) is 0 Å². The molecular weight excluding hydrogens is 413 g/mol. The molecule has 1 saturated heterocycles. The van der Waals surface area contributed by atoms with E-state index < -0.39 is 27.6 Å². The van der Waals surface area contributed by atoms with E-state index in [4.69, 9.17) is 0 Å². The van der Waals surface area contributed by atoms with Crippen LogP contribution in [0.15, 0.2) is 42.5 Å². The summed E-state index contributed by atoms with van der Waals surface area (Å²) in [5.74, 6) is -2.51. The van der Waals surface area contributed by atoms with Gasteiger partial charge < -0.3 is 19.7 Å². The van der Waals surface area contributed by atoms with Gasteiger partial charge in [-0.1, -0.05) is 0 Å². The van der Waals surface area contributed by atoms with Crippen molar-refractivity contribution in [2.45, 2.75) is 0 Å². The number of hydrogen-bond donors (Lipinski definition) is 2. The highest BCUT2D eigenvalue weighted by Gasteiger charge is 2.24. The third kappa shape index (κ3) is 3.59. The number of phenols is 1. The fourth-order valence-electron chi connectivity index (χ4n) is 3.75. The minimum absolute atomic E-state index is 0.0185. The molecule has 1 aliphatic rings. The first kappa shape index (κ1) is 20.2. The molecule has 3 aromatic rings. The SMILES string of the molecule is CS(=O)(=O)N1CCN(c2ccc3c(c2)cc(C(=O)O)n3-c2ccc(F)c(O)c2)CC1. The highest BCUT2D eigenvalue weighted by Crippen LogP contribution is 2.30. The van der Waals surface area contributed by atoms with Gasteiger partial charge in [-0.15, -0.1) is 0 Å². The molecule has 30 heavy (non-hydrogen) atoms. The quantitative estimate of drug-likeness (QED) is 0.654. The van der Waals surface area contributed by atoms with E-state index in [0.717, 1.165) is 11.8 Å². The average molecular weight is 433 g/mol. The van der Waals surface area contributed by atoms with E-state index in [9.17, 15) is 27.8 Å². The molecule has 0 atom stereocenters. The van der Waals surface area contributed by atoms with Crippen molar-refractivity contribution >= 4 is 32.6 Å². The minimum Gasteiger partial charge on any atom is -0.505 e. The summed E-state index contributed by atoms with van der Waals surface area (Å²) < 4.78 is 39.7. The summed E-state index contributed by atoms with van der Waals surface area (Å²) >= 11 is 0. The average Bonchev–Trinajstić information content (AvgIpc) is 3.08. The largest absolute Gasteiger partial charge is 0.505 e. The maximum atomic E-state index is 13.5. The Labute approximate surface area is 172 Å². The van der Waals surface area contributed by atoms with Crippen molar-refractivity contribution in [3.63, 3.8) is 0 Å². The molecule has 1 fully saturated rings. The van der Waals surface area contributed by atoms with E-state index >= 15 is 0 Å². The molecule has 0 spiro atoms. The molecule has 1 aliphatic heterocycles. The number of carbonyl (C=O) groups is 1. The van der Waals surface area contributed by atoms with Gasteiger partial charge in [-0.2, -0.15) is 4.31 Å². The van der Waals surface area contributed by atoms with Crippen molar-refractivity contribution in [3.8, 4) is 11.4 Å². The second-order valence-corrected chi connectivity index (χ2v) is 9.18. The van der Waals surface area contributed by atoms with Crippen LogP contribution in [0.3, 0.4) is 0 Å². The summed E-state index contributed by atoms with van der Waals surface area (Å²) in [4.78, 5) is 13.8. The number of carboxylic acids is 1. The van der Waals surface area contributed by atoms with Crippen LogP contribution in [0, 0.1) is 5.82 Å². The van der Waals surface area contributed by atoms with Crippen molar-refractivity contribution in [3.05, 3.63) is 54.0 Å². The third-order valence-electron chi connectivity index (χ3n) is 5.26. The molecule has 0 aliphatic carbocycles. The number of aromatic carboxylic acids is 1. The number of hydrogen-bond acceptors (Lipinski definition) is 5. The first-order valence-corrected chi connectivity index (χ1v) is 11.1. The summed E-state index contributed by atoms with van der Waals surface area (Å²) in [6.45, 7) is 1.81. The monoisotopic (exact) mass is 433 g/mol. The number of rotatable bonds is 4. The van der Waals surface area contributed by atoms with Crippen molar-refractivity contribution < 1.29 is 27.8 Å². The van der Waals surface area contributed by atoms with E-state index in [1.54, 1.807) is 6.07 Å². The van der Waals surface area contributed by atoms with E-state index in [2.05, 4.69) is 0 Å². The Morgan fingerprint density at radius 2 is 1.67 bits per heavy atom. The molecule has 0 saturated carbocycles. The van der Waals surface area contributed by atoms with Crippen LogP contribution in [0.1, 0.15) is 10.5 Å². The number of piperazine rings is 1. The van der Waals surface area contributed by atoms with Gasteiger partial charge in [0.05, 0.1) is 17.5 Å². The Kier molecular flexibility index (Phi) is 4.91. The van der Waals surface area contributed by atoms with E-state index in [1.165, 1.54) is 33.3 Å². The van der Waals surface area contributed by atoms with E-state index in [-0.39, 0.29) is 5.69 Å². The Morgan fingerprint density at radius 1 is 1.00 bits per heavy atom. The lowest BCUT2D eigenvalue weighted by Gasteiger charge is -2.34. The van der Waals surface area contributed by atoms with Crippen LogP contribution in [0.5, 0.6) is 5.75 Å². The van der Waals surface area contributed by atoms with Crippen LogP contribution in [-0.4, -0.2) is 65.9 Å². The number of aromatic nitrogens is 1. The van der Waals surface area contributed by atoms with Gasteiger partial charge >= 0.3 is 5.97 Å². The van der Waals surface area contributed by atoms with Gasteiger partial charge in [-0.25, -0.2) is 17.6 Å². The molecule has 1 aromatic heterocycles. The first-order valence-electron chi connectivity index (χ1n) is 9.23. The second-order valence-electron chi connectivity index (χ2n) is 7.20. The number of phenolic OH excluding ortho intramolecular Hbond substituents is 1.